The van der Waals surface area contributed by atoms with E-state index in [1.54, 1.807) is 12.4 Å². The smallest absolute Gasteiger partial charge is 0.345 e. The summed E-state index contributed by atoms with van der Waals surface area (Å²) in [6.07, 6.45) is 2.74. The van der Waals surface area contributed by atoms with Gasteiger partial charge >= 0.3 is 6.18 Å². The molecule has 2 saturated heterocycles. The van der Waals surface area contributed by atoms with Crippen LogP contribution in [0, 0.1) is 0 Å². The van der Waals surface area contributed by atoms with E-state index in [4.69, 9.17) is 0 Å². The molecule has 0 aliphatic carbocycles. The maximum absolute atomic E-state index is 12.7. The summed E-state index contributed by atoms with van der Waals surface area (Å²) in [5, 5.41) is 0. The fourth-order valence-electron chi connectivity index (χ4n) is 4.51. The summed E-state index contributed by atoms with van der Waals surface area (Å²) in [5.74, 6) is 0.414. The molecule has 0 amide bonds. The van der Waals surface area contributed by atoms with Crippen LogP contribution in [0.3, 0.4) is 0 Å². The normalized spacial score (nSPS) is 21.1. The van der Waals surface area contributed by atoms with E-state index >= 15 is 0 Å². The summed E-state index contributed by atoms with van der Waals surface area (Å²) in [5.41, 5.74) is 2.22. The zero-order valence-electron chi connectivity index (χ0n) is 15.7. The number of nitrogens with one attached hydrogen (secondary N) is 1. The SMILES string of the molecule is O=S(CCC(F)(F)F)N1CCCCC12CN(c1ncc3cnc4[nH]ccc4n13)C2. The Balaban J connectivity index is 1.38. The van der Waals surface area contributed by atoms with Crippen molar-refractivity contribution < 1.29 is 17.4 Å². The number of nitrogens with zero attached hydrogens (tertiary/aromatic N) is 5. The Morgan fingerprint density at radius 2 is 2.00 bits per heavy atom. The van der Waals surface area contributed by atoms with Crippen LogP contribution in [0.5, 0.6) is 0 Å². The molecule has 1 atom stereocenters. The summed E-state index contributed by atoms with van der Waals surface area (Å²) in [7, 11) is -1.63. The van der Waals surface area contributed by atoms with Gasteiger partial charge in [0.25, 0.3) is 0 Å². The summed E-state index contributed by atoms with van der Waals surface area (Å²) < 4.78 is 54.3. The molecule has 3 aromatic heterocycles. The minimum atomic E-state index is -4.28. The molecule has 0 aromatic carbocycles. The van der Waals surface area contributed by atoms with Crippen molar-refractivity contribution in [2.45, 2.75) is 37.4 Å². The fourth-order valence-corrected chi connectivity index (χ4v) is 6.10. The minimum Gasteiger partial charge on any atom is -0.345 e. The number of anilines is 1. The lowest BCUT2D eigenvalue weighted by atomic mass is 9.82. The summed E-state index contributed by atoms with van der Waals surface area (Å²) in [6, 6.07) is 1.94. The van der Waals surface area contributed by atoms with Gasteiger partial charge in [0.15, 0.2) is 5.65 Å². The number of alkyl halides is 3. The molecule has 156 valence electrons. The molecule has 0 saturated carbocycles. The number of aromatic nitrogens is 4. The van der Waals surface area contributed by atoms with Gasteiger partial charge in [-0.15, -0.1) is 0 Å². The van der Waals surface area contributed by atoms with E-state index in [1.165, 1.54) is 0 Å². The number of aromatic amines is 1. The average molecular weight is 426 g/mol. The van der Waals surface area contributed by atoms with Gasteiger partial charge < -0.3 is 9.88 Å². The minimum absolute atomic E-state index is 0.342. The molecule has 7 nitrogen and oxygen atoms in total. The highest BCUT2D eigenvalue weighted by atomic mass is 32.2. The molecule has 2 aliphatic rings. The van der Waals surface area contributed by atoms with E-state index in [-0.39, 0.29) is 11.3 Å². The van der Waals surface area contributed by atoms with Gasteiger partial charge in [0.2, 0.25) is 5.95 Å². The number of imidazole rings is 1. The molecule has 5 rings (SSSR count). The van der Waals surface area contributed by atoms with E-state index < -0.39 is 23.6 Å². The molecule has 29 heavy (non-hydrogen) atoms. The topological polar surface area (TPSA) is 69.5 Å². The maximum Gasteiger partial charge on any atom is 0.390 e. The molecular formula is C18H21F3N6OS. The summed E-state index contributed by atoms with van der Waals surface area (Å²) in [6.45, 7) is 1.79. The highest BCUT2D eigenvalue weighted by molar-refractivity contribution is 7.82. The monoisotopic (exact) mass is 426 g/mol. The van der Waals surface area contributed by atoms with Gasteiger partial charge in [0.1, 0.15) is 0 Å². The zero-order valence-corrected chi connectivity index (χ0v) is 16.5. The van der Waals surface area contributed by atoms with Gasteiger partial charge in [0.05, 0.1) is 46.4 Å². The summed E-state index contributed by atoms with van der Waals surface area (Å²) in [4.78, 5) is 14.1. The van der Waals surface area contributed by atoms with Crippen LogP contribution in [0.4, 0.5) is 19.1 Å². The van der Waals surface area contributed by atoms with Crippen molar-refractivity contribution >= 4 is 33.6 Å². The Morgan fingerprint density at radius 3 is 2.79 bits per heavy atom. The van der Waals surface area contributed by atoms with Crippen LogP contribution in [0.1, 0.15) is 25.7 Å². The molecule has 3 aromatic rings. The molecule has 1 unspecified atom stereocenters. The lowest BCUT2D eigenvalue weighted by Crippen LogP contribution is -2.72. The number of hydrogen-bond acceptors (Lipinski definition) is 4. The Labute approximate surface area is 167 Å². The number of rotatable bonds is 4. The molecule has 2 fully saturated rings. The zero-order chi connectivity index (χ0) is 20.2. The van der Waals surface area contributed by atoms with Crippen LogP contribution in [0.15, 0.2) is 24.7 Å². The van der Waals surface area contributed by atoms with Crippen molar-refractivity contribution in [1.82, 2.24) is 23.7 Å². The highest BCUT2D eigenvalue weighted by Crippen LogP contribution is 2.40. The van der Waals surface area contributed by atoms with Gasteiger partial charge in [-0.3, -0.25) is 4.40 Å². The van der Waals surface area contributed by atoms with Gasteiger partial charge in [0, 0.05) is 31.6 Å². The second-order valence-corrected chi connectivity index (χ2v) is 9.31. The van der Waals surface area contributed by atoms with Gasteiger partial charge in [-0.05, 0) is 18.9 Å². The Morgan fingerprint density at radius 1 is 1.21 bits per heavy atom. The Bertz CT molecular complexity index is 1070. The Hall–Kier alpha value is -2.14. The number of H-pyrrole nitrogens is 1. The fraction of sp³-hybridized carbons (Fsp3) is 0.556. The second-order valence-electron chi connectivity index (χ2n) is 7.82. The first-order valence-corrected chi connectivity index (χ1v) is 10.9. The van der Waals surface area contributed by atoms with Gasteiger partial charge in [-0.25, -0.2) is 18.5 Å². The van der Waals surface area contributed by atoms with Crippen LogP contribution in [0.25, 0.3) is 16.7 Å². The average Bonchev–Trinajstić information content (AvgIpc) is 3.29. The number of piperidine rings is 1. The largest absolute Gasteiger partial charge is 0.390 e. The quantitative estimate of drug-likeness (QED) is 0.697. The first-order chi connectivity index (χ1) is 13.9. The predicted octanol–water partition coefficient (Wildman–Crippen LogP) is 2.87. The molecule has 0 radical (unpaired) electrons. The predicted molar refractivity (Wildman–Crippen MR) is 104 cm³/mol. The molecule has 5 heterocycles. The molecule has 11 heteroatoms. The Kier molecular flexibility index (Phi) is 4.35. The molecule has 0 bridgehead atoms. The maximum atomic E-state index is 12.7. The third-order valence-electron chi connectivity index (χ3n) is 5.88. The molecule has 1 N–H and O–H groups in total. The van der Waals surface area contributed by atoms with Gasteiger partial charge in [-0.2, -0.15) is 13.2 Å². The van der Waals surface area contributed by atoms with Crippen LogP contribution >= 0.6 is 0 Å². The van der Waals surface area contributed by atoms with Gasteiger partial charge in [-0.1, -0.05) is 6.42 Å². The number of fused-ring (bicyclic) bond motifs is 3. The van der Waals surface area contributed by atoms with E-state index in [2.05, 4.69) is 19.9 Å². The van der Waals surface area contributed by atoms with E-state index in [1.807, 2.05) is 21.0 Å². The standard InChI is InChI=1S/C18H21F3N6OS/c19-18(20,21)5-8-29(28)26-7-2-1-4-17(26)11-25(12-17)16-24-10-13-9-23-15-14(27(13)16)3-6-22-15/h3,6,9-10,22H,1-2,4-5,7-8,11-12H2. The number of hydrogen-bond donors (Lipinski definition) is 1. The van der Waals surface area contributed by atoms with Crippen LogP contribution in [-0.4, -0.2) is 65.0 Å². The third kappa shape index (κ3) is 3.20. The molecule has 2 aliphatic heterocycles. The molecular weight excluding hydrogens is 405 g/mol. The van der Waals surface area contributed by atoms with Crippen molar-refractivity contribution in [2.75, 3.05) is 30.3 Å². The van der Waals surface area contributed by atoms with E-state index in [0.29, 0.717) is 19.6 Å². The van der Waals surface area contributed by atoms with E-state index in [9.17, 15) is 17.4 Å². The lowest BCUT2D eigenvalue weighted by Gasteiger charge is -2.57. The summed E-state index contributed by atoms with van der Waals surface area (Å²) >= 11 is 0. The third-order valence-corrected chi connectivity index (χ3v) is 7.50. The van der Waals surface area contributed by atoms with Crippen molar-refractivity contribution in [1.29, 1.82) is 0 Å². The molecule has 1 spiro atoms. The van der Waals surface area contributed by atoms with Crippen molar-refractivity contribution in [3.63, 3.8) is 0 Å². The van der Waals surface area contributed by atoms with Crippen molar-refractivity contribution in [3.05, 3.63) is 24.7 Å². The van der Waals surface area contributed by atoms with Crippen molar-refractivity contribution in [3.8, 4) is 0 Å². The van der Waals surface area contributed by atoms with Crippen LogP contribution in [0.2, 0.25) is 0 Å². The van der Waals surface area contributed by atoms with Crippen molar-refractivity contribution in [2.24, 2.45) is 0 Å². The van der Waals surface area contributed by atoms with E-state index in [0.717, 1.165) is 41.9 Å². The first kappa shape index (κ1) is 18.9. The second kappa shape index (κ2) is 6.69. The first-order valence-electron chi connectivity index (χ1n) is 9.64. The van der Waals surface area contributed by atoms with Crippen LogP contribution in [-0.2, 0) is 11.0 Å². The lowest BCUT2D eigenvalue weighted by molar-refractivity contribution is -0.130. The van der Waals surface area contributed by atoms with Crippen LogP contribution < -0.4 is 4.90 Å². The number of halogens is 3. The highest BCUT2D eigenvalue weighted by Gasteiger charge is 2.52.